The molecule has 90 valence electrons. The fraction of sp³-hybridized carbons (Fsp3) is 0.385. The lowest BCUT2D eigenvalue weighted by Gasteiger charge is -2.23. The first-order chi connectivity index (χ1) is 8.16. The molecule has 0 aliphatic carbocycles. The summed E-state index contributed by atoms with van der Waals surface area (Å²) in [6, 6.07) is 9.76. The molecule has 1 aromatic rings. The van der Waals surface area contributed by atoms with Crippen LogP contribution in [0.3, 0.4) is 0 Å². The SMILES string of the molecule is NC(=O)C[C@@H]1CCC(=O)N1Cc1ccccc1. The van der Waals surface area contributed by atoms with E-state index in [1.54, 1.807) is 4.90 Å². The molecule has 0 saturated carbocycles. The van der Waals surface area contributed by atoms with E-state index >= 15 is 0 Å². The molecule has 1 heterocycles. The number of nitrogens with zero attached hydrogens (tertiary/aromatic N) is 1. The zero-order valence-corrected chi connectivity index (χ0v) is 9.63. The molecule has 1 saturated heterocycles. The van der Waals surface area contributed by atoms with Gasteiger partial charge in [0.2, 0.25) is 11.8 Å². The quantitative estimate of drug-likeness (QED) is 0.843. The summed E-state index contributed by atoms with van der Waals surface area (Å²) in [6.45, 7) is 0.567. The fourth-order valence-corrected chi connectivity index (χ4v) is 2.24. The molecule has 0 bridgehead atoms. The molecule has 17 heavy (non-hydrogen) atoms. The van der Waals surface area contributed by atoms with Gasteiger partial charge in [0.15, 0.2) is 0 Å². The number of nitrogens with two attached hydrogens (primary N) is 1. The second-order valence-corrected chi connectivity index (χ2v) is 4.37. The first-order valence-electron chi connectivity index (χ1n) is 5.78. The smallest absolute Gasteiger partial charge is 0.223 e. The first kappa shape index (κ1) is 11.6. The van der Waals surface area contributed by atoms with Crippen LogP contribution in [0.1, 0.15) is 24.8 Å². The largest absolute Gasteiger partial charge is 0.370 e. The first-order valence-corrected chi connectivity index (χ1v) is 5.78. The number of amides is 2. The molecule has 1 aliphatic rings. The fourth-order valence-electron chi connectivity index (χ4n) is 2.24. The molecule has 4 nitrogen and oxygen atoms in total. The Morgan fingerprint density at radius 2 is 2.06 bits per heavy atom. The third-order valence-electron chi connectivity index (χ3n) is 3.09. The molecule has 2 amide bonds. The molecule has 2 N–H and O–H groups in total. The van der Waals surface area contributed by atoms with Crippen LogP contribution in [0.5, 0.6) is 0 Å². The number of primary amides is 1. The van der Waals surface area contributed by atoms with Crippen molar-refractivity contribution >= 4 is 11.8 Å². The van der Waals surface area contributed by atoms with Crippen LogP contribution in [0.25, 0.3) is 0 Å². The standard InChI is InChI=1S/C13H16N2O2/c14-12(16)8-11-6-7-13(17)15(11)9-10-4-2-1-3-5-10/h1-5,11H,6-9H2,(H2,14,16)/t11-/m0/s1. The van der Waals surface area contributed by atoms with Crippen LogP contribution in [0.2, 0.25) is 0 Å². The summed E-state index contributed by atoms with van der Waals surface area (Å²) >= 11 is 0. The third-order valence-corrected chi connectivity index (χ3v) is 3.09. The molecule has 4 heteroatoms. The van der Waals surface area contributed by atoms with E-state index in [0.717, 1.165) is 12.0 Å². The molecule has 1 aliphatic heterocycles. The highest BCUT2D eigenvalue weighted by Crippen LogP contribution is 2.23. The van der Waals surface area contributed by atoms with Gasteiger partial charge in [0.1, 0.15) is 0 Å². The molecule has 0 aromatic heterocycles. The van der Waals surface area contributed by atoms with Crippen LogP contribution in [0.15, 0.2) is 30.3 Å². The number of carbonyl (C=O) groups excluding carboxylic acids is 2. The Labute approximate surface area is 100 Å². The van der Waals surface area contributed by atoms with Crippen molar-refractivity contribution < 1.29 is 9.59 Å². The van der Waals surface area contributed by atoms with Crippen molar-refractivity contribution in [1.82, 2.24) is 4.90 Å². The second-order valence-electron chi connectivity index (χ2n) is 4.37. The van der Waals surface area contributed by atoms with Gasteiger partial charge in [-0.3, -0.25) is 9.59 Å². The monoisotopic (exact) mass is 232 g/mol. The number of benzene rings is 1. The van der Waals surface area contributed by atoms with E-state index in [2.05, 4.69) is 0 Å². The van der Waals surface area contributed by atoms with Gasteiger partial charge in [-0.25, -0.2) is 0 Å². The Hall–Kier alpha value is -1.84. The van der Waals surface area contributed by atoms with E-state index in [1.807, 2.05) is 30.3 Å². The van der Waals surface area contributed by atoms with E-state index in [9.17, 15) is 9.59 Å². The summed E-state index contributed by atoms with van der Waals surface area (Å²) in [7, 11) is 0. The van der Waals surface area contributed by atoms with E-state index in [1.165, 1.54) is 0 Å². The van der Waals surface area contributed by atoms with Crippen LogP contribution in [0, 0.1) is 0 Å². The van der Waals surface area contributed by atoms with E-state index < -0.39 is 0 Å². The van der Waals surface area contributed by atoms with Crippen LogP contribution in [-0.2, 0) is 16.1 Å². The molecular weight excluding hydrogens is 216 g/mol. The van der Waals surface area contributed by atoms with Gasteiger partial charge in [0.05, 0.1) is 0 Å². The molecule has 1 atom stereocenters. The average Bonchev–Trinajstić information content (AvgIpc) is 2.62. The molecule has 2 rings (SSSR count). The lowest BCUT2D eigenvalue weighted by Crippen LogP contribution is -2.35. The van der Waals surface area contributed by atoms with Gasteiger partial charge < -0.3 is 10.6 Å². The van der Waals surface area contributed by atoms with Gasteiger partial charge >= 0.3 is 0 Å². The lowest BCUT2D eigenvalue weighted by molar-refractivity contribution is -0.130. The highest BCUT2D eigenvalue weighted by atomic mass is 16.2. The number of hydrogen-bond donors (Lipinski definition) is 1. The van der Waals surface area contributed by atoms with Gasteiger partial charge in [-0.1, -0.05) is 30.3 Å². The summed E-state index contributed by atoms with van der Waals surface area (Å²) in [5.41, 5.74) is 6.28. The number of rotatable bonds is 4. The normalized spacial score (nSPS) is 19.6. The van der Waals surface area contributed by atoms with E-state index in [-0.39, 0.29) is 24.3 Å². The molecule has 1 aromatic carbocycles. The van der Waals surface area contributed by atoms with Crippen molar-refractivity contribution in [2.45, 2.75) is 31.8 Å². The van der Waals surface area contributed by atoms with Crippen LogP contribution in [0.4, 0.5) is 0 Å². The maximum atomic E-state index is 11.7. The van der Waals surface area contributed by atoms with Crippen LogP contribution < -0.4 is 5.73 Å². The van der Waals surface area contributed by atoms with Crippen LogP contribution in [-0.4, -0.2) is 22.8 Å². The van der Waals surface area contributed by atoms with E-state index in [4.69, 9.17) is 5.73 Å². The van der Waals surface area contributed by atoms with Gasteiger partial charge in [-0.2, -0.15) is 0 Å². The number of likely N-dealkylation sites (tertiary alicyclic amines) is 1. The highest BCUT2D eigenvalue weighted by molar-refractivity contribution is 5.81. The van der Waals surface area contributed by atoms with Gasteiger partial charge in [-0.05, 0) is 12.0 Å². The topological polar surface area (TPSA) is 63.4 Å². The molecule has 0 radical (unpaired) electrons. The molecule has 1 fully saturated rings. The minimum absolute atomic E-state index is 0.0276. The Kier molecular flexibility index (Phi) is 3.42. The van der Waals surface area contributed by atoms with Gasteiger partial charge in [0, 0.05) is 25.4 Å². The Bertz CT molecular complexity index is 417. The second kappa shape index (κ2) is 4.99. The van der Waals surface area contributed by atoms with E-state index in [0.29, 0.717) is 13.0 Å². The minimum Gasteiger partial charge on any atom is -0.370 e. The summed E-state index contributed by atoms with van der Waals surface area (Å²) in [5.74, 6) is -0.233. The zero-order valence-electron chi connectivity index (χ0n) is 9.63. The summed E-state index contributed by atoms with van der Waals surface area (Å²) in [4.78, 5) is 24.5. The van der Waals surface area contributed by atoms with Crippen molar-refractivity contribution in [1.29, 1.82) is 0 Å². The minimum atomic E-state index is -0.345. The highest BCUT2D eigenvalue weighted by Gasteiger charge is 2.31. The number of hydrogen-bond acceptors (Lipinski definition) is 2. The maximum Gasteiger partial charge on any atom is 0.223 e. The summed E-state index contributed by atoms with van der Waals surface area (Å²) in [5, 5.41) is 0. The molecule has 0 unspecified atom stereocenters. The Morgan fingerprint density at radius 1 is 1.35 bits per heavy atom. The lowest BCUT2D eigenvalue weighted by atomic mass is 10.1. The third kappa shape index (κ3) is 2.84. The average molecular weight is 232 g/mol. The Balaban J connectivity index is 2.06. The zero-order chi connectivity index (χ0) is 12.3. The Morgan fingerprint density at radius 3 is 2.71 bits per heavy atom. The van der Waals surface area contributed by atoms with Crippen molar-refractivity contribution in [2.75, 3.05) is 0 Å². The predicted molar refractivity (Wildman–Crippen MR) is 63.8 cm³/mol. The predicted octanol–water partition coefficient (Wildman–Crippen LogP) is 1.05. The summed E-state index contributed by atoms with van der Waals surface area (Å²) < 4.78 is 0. The van der Waals surface area contributed by atoms with Crippen molar-refractivity contribution in [3.8, 4) is 0 Å². The van der Waals surface area contributed by atoms with Crippen molar-refractivity contribution in [3.63, 3.8) is 0 Å². The van der Waals surface area contributed by atoms with Crippen molar-refractivity contribution in [3.05, 3.63) is 35.9 Å². The summed E-state index contributed by atoms with van der Waals surface area (Å²) in [6.07, 6.45) is 1.51. The maximum absolute atomic E-state index is 11.7. The van der Waals surface area contributed by atoms with Gasteiger partial charge in [-0.15, -0.1) is 0 Å². The number of carbonyl (C=O) groups is 2. The molecular formula is C13H16N2O2. The molecule has 0 spiro atoms. The van der Waals surface area contributed by atoms with Crippen LogP contribution >= 0.6 is 0 Å². The van der Waals surface area contributed by atoms with Crippen molar-refractivity contribution in [2.24, 2.45) is 5.73 Å². The van der Waals surface area contributed by atoms with Gasteiger partial charge in [0.25, 0.3) is 0 Å².